The number of esters is 1. The van der Waals surface area contributed by atoms with Crippen molar-refractivity contribution in [1.82, 2.24) is 4.90 Å². The third-order valence-electron chi connectivity index (χ3n) is 8.02. The Bertz CT molecular complexity index is 1470. The normalized spacial score (nSPS) is 15.9. The van der Waals surface area contributed by atoms with Crippen molar-refractivity contribution >= 4 is 35.6 Å². The van der Waals surface area contributed by atoms with Gasteiger partial charge in [-0.1, -0.05) is 51.6 Å². The summed E-state index contributed by atoms with van der Waals surface area (Å²) in [6, 6.07) is 11.5. The smallest absolute Gasteiger partial charge is 0.336 e. The summed E-state index contributed by atoms with van der Waals surface area (Å²) in [5.41, 5.74) is 5.17. The van der Waals surface area contributed by atoms with Crippen LogP contribution in [0.5, 0.6) is 5.75 Å². The molecule has 0 aromatic heterocycles. The summed E-state index contributed by atoms with van der Waals surface area (Å²) in [6.07, 6.45) is 6.23. The molecule has 2 aromatic rings. The van der Waals surface area contributed by atoms with Gasteiger partial charge in [0.25, 0.3) is 0 Å². The van der Waals surface area contributed by atoms with Gasteiger partial charge in [-0.2, -0.15) is 0 Å². The Morgan fingerprint density at radius 2 is 1.67 bits per heavy atom. The maximum atomic E-state index is 12.7. The monoisotopic (exact) mass is 606 g/mol. The summed E-state index contributed by atoms with van der Waals surface area (Å²) in [5.74, 6) is -0.142. The summed E-state index contributed by atoms with van der Waals surface area (Å²) < 4.78 is 12.2. The quantitative estimate of drug-likeness (QED) is 0.197. The first-order chi connectivity index (χ1) is 20.2. The van der Waals surface area contributed by atoms with Crippen LogP contribution in [0.1, 0.15) is 81.1 Å². The molecule has 0 saturated carbocycles. The van der Waals surface area contributed by atoms with Crippen LogP contribution >= 0.6 is 12.4 Å². The lowest BCUT2D eigenvalue weighted by molar-refractivity contribution is -0.144. The minimum absolute atomic E-state index is 0. The molecule has 230 valence electrons. The molecule has 0 bridgehead atoms. The van der Waals surface area contributed by atoms with Crippen molar-refractivity contribution in [3.05, 3.63) is 100 Å². The summed E-state index contributed by atoms with van der Waals surface area (Å²) in [5, 5.41) is 10.4. The molecule has 4 rings (SSSR count). The van der Waals surface area contributed by atoms with Crippen LogP contribution in [0, 0.1) is 0 Å². The number of ether oxygens (including phenoxy) is 2. The van der Waals surface area contributed by atoms with Gasteiger partial charge in [-0.25, -0.2) is 9.59 Å². The Hall–Kier alpha value is -3.81. The van der Waals surface area contributed by atoms with Gasteiger partial charge in [0.1, 0.15) is 17.6 Å². The number of fused-ring (bicyclic) bond motifs is 2. The number of hydrogen-bond donors (Lipinski definition) is 1. The van der Waals surface area contributed by atoms with Crippen molar-refractivity contribution in [3.63, 3.8) is 0 Å². The van der Waals surface area contributed by atoms with Gasteiger partial charge in [0.05, 0.1) is 11.6 Å². The van der Waals surface area contributed by atoms with Gasteiger partial charge in [-0.05, 0) is 75.7 Å². The van der Waals surface area contributed by atoms with Gasteiger partial charge in [-0.15, -0.1) is 12.4 Å². The van der Waals surface area contributed by atoms with Crippen molar-refractivity contribution in [3.8, 4) is 5.75 Å². The van der Waals surface area contributed by atoms with E-state index in [9.17, 15) is 14.7 Å². The number of carboxylic acids is 1. The predicted octanol–water partition coefficient (Wildman–Crippen LogP) is 7.58. The number of nitrogens with zero attached hydrogens (tertiary/aromatic N) is 2. The van der Waals surface area contributed by atoms with Crippen LogP contribution in [-0.4, -0.2) is 54.2 Å². The van der Waals surface area contributed by atoms with Gasteiger partial charge in [0.2, 0.25) is 0 Å². The van der Waals surface area contributed by atoms with E-state index >= 15 is 0 Å². The topological polar surface area (TPSA) is 79.3 Å². The minimum atomic E-state index is -1.06. The molecule has 0 fully saturated rings. The van der Waals surface area contributed by atoms with Crippen LogP contribution in [0.3, 0.4) is 0 Å². The maximum absolute atomic E-state index is 12.7. The van der Waals surface area contributed by atoms with E-state index in [2.05, 4.69) is 68.4 Å². The third kappa shape index (κ3) is 6.89. The van der Waals surface area contributed by atoms with E-state index in [0.29, 0.717) is 28.9 Å². The van der Waals surface area contributed by atoms with E-state index < -0.39 is 18.0 Å². The first-order valence-corrected chi connectivity index (χ1v) is 14.9. The van der Waals surface area contributed by atoms with Crippen molar-refractivity contribution in [2.24, 2.45) is 0 Å². The highest BCUT2D eigenvalue weighted by atomic mass is 35.5. The van der Waals surface area contributed by atoms with E-state index in [-0.39, 0.29) is 24.0 Å². The fourth-order valence-electron chi connectivity index (χ4n) is 5.66. The third-order valence-corrected chi connectivity index (χ3v) is 8.02. The minimum Gasteiger partial charge on any atom is -0.478 e. The molecule has 1 heterocycles. The molecule has 43 heavy (non-hydrogen) atoms. The molecule has 0 radical (unpaired) electrons. The summed E-state index contributed by atoms with van der Waals surface area (Å²) in [4.78, 5) is 29.6. The molecule has 0 spiro atoms. The number of anilines is 1. The standard InChI is InChI=1S/C35H42N2O5.ClH/c1-8-30(42-35(40)22(6)7)23-13-16-26(29(19-23)34(38)39)33-27-17-14-24(36(9-2)10-3)20-31(27)41-32-21-25(15-18-28(32)33)37(11-4)12-5;/h13-21,24,30H,6,8-12H2,1-5,7H3,(H,38,39);1H. The molecule has 0 saturated heterocycles. The highest BCUT2D eigenvalue weighted by Gasteiger charge is 2.31. The van der Waals surface area contributed by atoms with E-state index in [1.807, 2.05) is 31.2 Å². The Balaban J connectivity index is 0.00000506. The van der Waals surface area contributed by atoms with Crippen LogP contribution in [0.25, 0.3) is 5.57 Å². The lowest BCUT2D eigenvalue weighted by Crippen LogP contribution is -2.34. The first-order valence-electron chi connectivity index (χ1n) is 14.9. The Labute approximate surface area is 261 Å². The number of aromatic carboxylic acids is 1. The van der Waals surface area contributed by atoms with Gasteiger partial charge in [0.15, 0.2) is 0 Å². The zero-order valence-electron chi connectivity index (χ0n) is 26.0. The number of carboxylic acid groups (broad SMARTS) is 1. The van der Waals surface area contributed by atoms with Crippen molar-refractivity contribution in [1.29, 1.82) is 0 Å². The van der Waals surface area contributed by atoms with Crippen LogP contribution in [-0.2, 0) is 9.53 Å². The van der Waals surface area contributed by atoms with Crippen molar-refractivity contribution < 1.29 is 24.2 Å². The van der Waals surface area contributed by atoms with Gasteiger partial charge in [-0.3, -0.25) is 4.90 Å². The summed E-state index contributed by atoms with van der Waals surface area (Å²) in [6.45, 7) is 19.2. The number of rotatable bonds is 12. The number of carbonyl (C=O) groups is 2. The predicted molar refractivity (Wildman–Crippen MR) is 175 cm³/mol. The highest BCUT2D eigenvalue weighted by molar-refractivity contribution is 6.01. The molecule has 2 unspecified atom stereocenters. The van der Waals surface area contributed by atoms with Crippen molar-refractivity contribution in [2.45, 2.75) is 60.1 Å². The number of benzene rings is 2. The molecule has 2 atom stereocenters. The fraction of sp³-hybridized carbons (Fsp3) is 0.371. The molecule has 1 N–H and O–H groups in total. The number of likely N-dealkylation sites (N-methyl/N-ethyl adjacent to an activating group) is 1. The SMILES string of the molecule is C=C(C)C(=O)OC(CC)c1ccc(C2=C3C=CC(N(CC)CC)C=C3Oc3cc(N(CC)CC)ccc32)c(C(=O)O)c1.Cl. The van der Waals surface area contributed by atoms with Crippen molar-refractivity contribution in [2.75, 3.05) is 31.1 Å². The zero-order valence-corrected chi connectivity index (χ0v) is 26.8. The summed E-state index contributed by atoms with van der Waals surface area (Å²) in [7, 11) is 0. The van der Waals surface area contributed by atoms with E-state index in [1.165, 1.54) is 0 Å². The second-order valence-electron chi connectivity index (χ2n) is 10.5. The van der Waals surface area contributed by atoms with Gasteiger partial charge in [0, 0.05) is 47.1 Å². The fourth-order valence-corrected chi connectivity index (χ4v) is 5.66. The first kappa shape index (κ1) is 33.7. The molecular formula is C35H43ClN2O5. The zero-order chi connectivity index (χ0) is 30.6. The molecule has 2 aliphatic rings. The average molecular weight is 607 g/mol. The largest absolute Gasteiger partial charge is 0.478 e. The van der Waals surface area contributed by atoms with E-state index in [4.69, 9.17) is 9.47 Å². The van der Waals surface area contributed by atoms with E-state index in [1.54, 1.807) is 13.0 Å². The second-order valence-corrected chi connectivity index (χ2v) is 10.5. The molecule has 1 aliphatic carbocycles. The highest BCUT2D eigenvalue weighted by Crippen LogP contribution is 2.46. The second kappa shape index (κ2) is 14.6. The Kier molecular flexibility index (Phi) is 11.4. The summed E-state index contributed by atoms with van der Waals surface area (Å²) >= 11 is 0. The number of halogens is 1. The lowest BCUT2D eigenvalue weighted by Gasteiger charge is -2.33. The van der Waals surface area contributed by atoms with Crippen LogP contribution in [0.4, 0.5) is 5.69 Å². The Morgan fingerprint density at radius 3 is 2.26 bits per heavy atom. The van der Waals surface area contributed by atoms with Gasteiger partial charge < -0.3 is 19.5 Å². The van der Waals surface area contributed by atoms with Crippen LogP contribution < -0.4 is 9.64 Å². The van der Waals surface area contributed by atoms with Crippen LogP contribution in [0.2, 0.25) is 0 Å². The molecular weight excluding hydrogens is 564 g/mol. The number of hydrogen-bond acceptors (Lipinski definition) is 6. The molecule has 0 amide bonds. The molecule has 2 aromatic carbocycles. The molecule has 7 nitrogen and oxygen atoms in total. The molecule has 8 heteroatoms. The lowest BCUT2D eigenvalue weighted by atomic mass is 9.84. The van der Waals surface area contributed by atoms with Crippen LogP contribution in [0.15, 0.2) is 78.1 Å². The number of allylic oxidation sites excluding steroid dienone is 1. The maximum Gasteiger partial charge on any atom is 0.336 e. The Morgan fingerprint density at radius 1 is 1.00 bits per heavy atom. The molecule has 1 aliphatic heterocycles. The van der Waals surface area contributed by atoms with E-state index in [0.717, 1.165) is 54.3 Å². The average Bonchev–Trinajstić information content (AvgIpc) is 2.99. The number of carbonyl (C=O) groups excluding carboxylic acids is 1. The van der Waals surface area contributed by atoms with Gasteiger partial charge >= 0.3 is 11.9 Å².